The highest BCUT2D eigenvalue weighted by Crippen LogP contribution is 2.09. The first-order chi connectivity index (χ1) is 3.31. The summed E-state index contributed by atoms with van der Waals surface area (Å²) in [6.45, 7) is 3.59. The van der Waals surface area contributed by atoms with Crippen LogP contribution in [0.1, 0.15) is 12.8 Å². The zero-order valence-electron chi connectivity index (χ0n) is 3.95. The molecular weight excluding hydrogens is 131 g/mol. The Morgan fingerprint density at radius 3 is 2.43 bits per heavy atom. The van der Waals surface area contributed by atoms with Gasteiger partial charge < -0.3 is 0 Å². The molecule has 0 nitrogen and oxygen atoms in total. The summed E-state index contributed by atoms with van der Waals surface area (Å²) in [7, 11) is 0. The van der Waals surface area contributed by atoms with Gasteiger partial charge in [-0.2, -0.15) is 0 Å². The van der Waals surface area contributed by atoms with Gasteiger partial charge in [0.1, 0.15) is 0 Å². The van der Waals surface area contributed by atoms with E-state index in [2.05, 4.69) is 6.92 Å². The van der Waals surface area contributed by atoms with Crippen LogP contribution in [0.15, 0.2) is 10.6 Å². The van der Waals surface area contributed by atoms with Gasteiger partial charge in [-0.3, -0.25) is 0 Å². The van der Waals surface area contributed by atoms with Crippen LogP contribution in [0.4, 0.5) is 0 Å². The zero-order valence-corrected chi connectivity index (χ0v) is 5.47. The average molecular weight is 138 g/mol. The standard InChI is InChI=1S/C5H7Cl2/c1-2-3-5(7)4-6/h4H,1-3H2. The fourth-order valence-electron chi connectivity index (χ4n) is 0.223. The van der Waals surface area contributed by atoms with Crippen molar-refractivity contribution in [1.82, 2.24) is 0 Å². The Balaban J connectivity index is 3.17. The van der Waals surface area contributed by atoms with Gasteiger partial charge >= 0.3 is 0 Å². The molecule has 0 amide bonds. The molecule has 0 rings (SSSR count). The number of hydrogen-bond acceptors (Lipinski definition) is 0. The molecule has 0 fully saturated rings. The van der Waals surface area contributed by atoms with Gasteiger partial charge in [-0.1, -0.05) is 30.1 Å². The molecule has 0 aromatic heterocycles. The molecule has 1 radical (unpaired) electrons. The lowest BCUT2D eigenvalue weighted by atomic mass is 10.3. The third-order valence-electron chi connectivity index (χ3n) is 0.534. The Labute approximate surface area is 54.1 Å². The monoisotopic (exact) mass is 137 g/mol. The summed E-state index contributed by atoms with van der Waals surface area (Å²) < 4.78 is 0. The number of rotatable bonds is 2. The predicted octanol–water partition coefficient (Wildman–Crippen LogP) is 2.92. The average Bonchev–Trinajstić information content (AvgIpc) is 1.68. The molecule has 0 aromatic carbocycles. The molecule has 0 bridgehead atoms. The van der Waals surface area contributed by atoms with Crippen LogP contribution in [-0.2, 0) is 0 Å². The van der Waals surface area contributed by atoms with E-state index in [0.717, 1.165) is 12.8 Å². The maximum atomic E-state index is 5.45. The SMILES string of the molecule is [CH2]CCC(Cl)=CCl. The highest BCUT2D eigenvalue weighted by Gasteiger charge is 1.84. The van der Waals surface area contributed by atoms with Crippen LogP contribution in [0.25, 0.3) is 0 Å². The van der Waals surface area contributed by atoms with Crippen molar-refractivity contribution < 1.29 is 0 Å². The third kappa shape index (κ3) is 4.17. The molecule has 0 unspecified atom stereocenters. The van der Waals surface area contributed by atoms with Gasteiger partial charge in [0.25, 0.3) is 0 Å². The van der Waals surface area contributed by atoms with E-state index in [4.69, 9.17) is 23.2 Å². The first kappa shape index (κ1) is 7.32. The van der Waals surface area contributed by atoms with E-state index in [1.54, 1.807) is 0 Å². The summed E-state index contributed by atoms with van der Waals surface area (Å²) in [5.74, 6) is 0. The molecule has 0 saturated carbocycles. The van der Waals surface area contributed by atoms with Crippen molar-refractivity contribution in [1.29, 1.82) is 0 Å². The van der Waals surface area contributed by atoms with Crippen molar-refractivity contribution in [3.8, 4) is 0 Å². The van der Waals surface area contributed by atoms with Gasteiger partial charge in [-0.05, 0) is 12.8 Å². The van der Waals surface area contributed by atoms with Crippen LogP contribution in [-0.4, -0.2) is 0 Å². The lowest BCUT2D eigenvalue weighted by Crippen LogP contribution is -1.65. The van der Waals surface area contributed by atoms with Crippen molar-refractivity contribution in [2.45, 2.75) is 12.8 Å². The van der Waals surface area contributed by atoms with Crippen LogP contribution in [0.3, 0.4) is 0 Å². The summed E-state index contributed by atoms with van der Waals surface area (Å²) >= 11 is 10.7. The minimum atomic E-state index is 0.677. The van der Waals surface area contributed by atoms with E-state index >= 15 is 0 Å². The Morgan fingerprint density at radius 2 is 2.29 bits per heavy atom. The molecule has 0 aliphatic rings. The van der Waals surface area contributed by atoms with E-state index in [9.17, 15) is 0 Å². The lowest BCUT2D eigenvalue weighted by molar-refractivity contribution is 1.03. The molecule has 0 aliphatic heterocycles. The molecule has 7 heavy (non-hydrogen) atoms. The Kier molecular flexibility index (Phi) is 4.68. The number of allylic oxidation sites excluding steroid dienone is 1. The van der Waals surface area contributed by atoms with E-state index in [1.165, 1.54) is 5.54 Å². The van der Waals surface area contributed by atoms with E-state index in [0.29, 0.717) is 5.03 Å². The first-order valence-electron chi connectivity index (χ1n) is 2.05. The van der Waals surface area contributed by atoms with Crippen LogP contribution in [0, 0.1) is 6.92 Å². The van der Waals surface area contributed by atoms with Crippen molar-refractivity contribution in [3.63, 3.8) is 0 Å². The smallest absolute Gasteiger partial charge is 0.0293 e. The molecule has 0 spiro atoms. The zero-order chi connectivity index (χ0) is 5.70. The van der Waals surface area contributed by atoms with Crippen molar-refractivity contribution in [2.24, 2.45) is 0 Å². The quantitative estimate of drug-likeness (QED) is 0.550. The van der Waals surface area contributed by atoms with Crippen LogP contribution >= 0.6 is 23.2 Å². The fraction of sp³-hybridized carbons (Fsp3) is 0.400. The second kappa shape index (κ2) is 4.48. The lowest BCUT2D eigenvalue weighted by Gasteiger charge is -1.86. The van der Waals surface area contributed by atoms with Crippen LogP contribution in [0.2, 0.25) is 0 Å². The van der Waals surface area contributed by atoms with Crippen molar-refractivity contribution in [3.05, 3.63) is 17.5 Å². The molecule has 0 N–H and O–H groups in total. The highest BCUT2D eigenvalue weighted by molar-refractivity contribution is 6.36. The molecule has 0 saturated heterocycles. The van der Waals surface area contributed by atoms with Gasteiger partial charge in [0.2, 0.25) is 0 Å². The summed E-state index contributed by atoms with van der Waals surface area (Å²) in [6.07, 6.45) is 1.59. The van der Waals surface area contributed by atoms with E-state index < -0.39 is 0 Å². The molecule has 0 heterocycles. The molecule has 0 aromatic rings. The maximum absolute atomic E-state index is 5.45. The third-order valence-corrected chi connectivity index (χ3v) is 1.21. The van der Waals surface area contributed by atoms with Gasteiger partial charge in [-0.25, -0.2) is 0 Å². The molecule has 41 valence electrons. The van der Waals surface area contributed by atoms with Crippen molar-refractivity contribution in [2.75, 3.05) is 0 Å². The summed E-state index contributed by atoms with van der Waals surface area (Å²) in [4.78, 5) is 0. The summed E-state index contributed by atoms with van der Waals surface area (Å²) in [5.41, 5.74) is 1.37. The second-order valence-corrected chi connectivity index (χ2v) is 1.86. The van der Waals surface area contributed by atoms with Crippen LogP contribution < -0.4 is 0 Å². The Morgan fingerprint density at radius 1 is 1.71 bits per heavy atom. The van der Waals surface area contributed by atoms with Gasteiger partial charge in [-0.15, -0.1) is 0 Å². The topological polar surface area (TPSA) is 0 Å². The normalized spacial score (nSPS) is 12.1. The van der Waals surface area contributed by atoms with Crippen LogP contribution in [0.5, 0.6) is 0 Å². The van der Waals surface area contributed by atoms with E-state index in [1.807, 2.05) is 0 Å². The molecule has 0 atom stereocenters. The number of halogens is 2. The molecule has 2 heteroatoms. The van der Waals surface area contributed by atoms with E-state index in [-0.39, 0.29) is 0 Å². The van der Waals surface area contributed by atoms with Gasteiger partial charge in [0.15, 0.2) is 0 Å². The minimum absolute atomic E-state index is 0.677. The predicted molar refractivity (Wildman–Crippen MR) is 34.4 cm³/mol. The molecular formula is C5H7Cl2. The highest BCUT2D eigenvalue weighted by atomic mass is 35.5. The maximum Gasteiger partial charge on any atom is 0.0293 e. The summed E-state index contributed by atoms with van der Waals surface area (Å²) in [5, 5.41) is 0.677. The van der Waals surface area contributed by atoms with Crippen molar-refractivity contribution >= 4 is 23.2 Å². The van der Waals surface area contributed by atoms with Gasteiger partial charge in [0, 0.05) is 10.6 Å². The summed E-state index contributed by atoms with van der Waals surface area (Å²) in [6, 6.07) is 0. The van der Waals surface area contributed by atoms with Gasteiger partial charge in [0.05, 0.1) is 0 Å². The number of hydrogen-bond donors (Lipinski definition) is 0. The molecule has 0 aliphatic carbocycles. The second-order valence-electron chi connectivity index (χ2n) is 1.16. The Hall–Kier alpha value is 0.320. The largest absolute Gasteiger partial charge is 0.0917 e. The Bertz CT molecular complexity index is 66.5. The minimum Gasteiger partial charge on any atom is -0.0917 e. The first-order valence-corrected chi connectivity index (χ1v) is 2.86. The fourth-order valence-corrected chi connectivity index (χ4v) is 0.466.